The van der Waals surface area contributed by atoms with Gasteiger partial charge in [-0.2, -0.15) is 0 Å². The van der Waals surface area contributed by atoms with Gasteiger partial charge in [-0.15, -0.1) is 0 Å². The standard InChI is InChI=1S/C9H7ClF2O3/c10-8-4(3-7(13)9(14)15)5(11)1-2-6(8)12/h1-2,7,13H,3H2,(H,14,15). The molecule has 1 rings (SSSR count). The number of benzene rings is 1. The van der Waals surface area contributed by atoms with Gasteiger partial charge in [0, 0.05) is 12.0 Å². The van der Waals surface area contributed by atoms with Crippen molar-refractivity contribution in [1.82, 2.24) is 0 Å². The number of aliphatic hydroxyl groups is 1. The topological polar surface area (TPSA) is 57.5 Å². The molecular formula is C9H7ClF2O3. The summed E-state index contributed by atoms with van der Waals surface area (Å²) in [4.78, 5) is 10.3. The van der Waals surface area contributed by atoms with Crippen molar-refractivity contribution in [2.75, 3.05) is 0 Å². The lowest BCUT2D eigenvalue weighted by Gasteiger charge is -2.08. The molecule has 0 aliphatic heterocycles. The molecule has 0 saturated carbocycles. The number of hydrogen-bond acceptors (Lipinski definition) is 2. The monoisotopic (exact) mass is 236 g/mol. The number of carbonyl (C=O) groups is 1. The van der Waals surface area contributed by atoms with E-state index in [0.717, 1.165) is 12.1 Å². The van der Waals surface area contributed by atoms with Crippen molar-refractivity contribution < 1.29 is 23.8 Å². The summed E-state index contributed by atoms with van der Waals surface area (Å²) in [5, 5.41) is 16.9. The average molecular weight is 237 g/mol. The van der Waals surface area contributed by atoms with E-state index < -0.39 is 35.2 Å². The smallest absolute Gasteiger partial charge is 0.332 e. The molecule has 1 atom stereocenters. The molecule has 0 aliphatic rings. The van der Waals surface area contributed by atoms with E-state index in [1.807, 2.05) is 0 Å². The first-order valence-corrected chi connectivity index (χ1v) is 4.34. The van der Waals surface area contributed by atoms with Crippen LogP contribution in [0.25, 0.3) is 0 Å². The Balaban J connectivity index is 3.03. The fourth-order valence-electron chi connectivity index (χ4n) is 1.04. The van der Waals surface area contributed by atoms with Gasteiger partial charge in [-0.3, -0.25) is 0 Å². The van der Waals surface area contributed by atoms with Crippen LogP contribution in [0.1, 0.15) is 5.56 Å². The van der Waals surface area contributed by atoms with Crippen molar-refractivity contribution in [2.45, 2.75) is 12.5 Å². The summed E-state index contributed by atoms with van der Waals surface area (Å²) in [6.07, 6.45) is -2.38. The van der Waals surface area contributed by atoms with Gasteiger partial charge < -0.3 is 10.2 Å². The maximum Gasteiger partial charge on any atom is 0.332 e. The largest absolute Gasteiger partial charge is 0.479 e. The van der Waals surface area contributed by atoms with Gasteiger partial charge in [-0.1, -0.05) is 11.6 Å². The Kier molecular flexibility index (Phi) is 3.60. The molecular weight excluding hydrogens is 230 g/mol. The number of carboxylic acid groups (broad SMARTS) is 1. The minimum atomic E-state index is -1.81. The third-order valence-electron chi connectivity index (χ3n) is 1.82. The maximum absolute atomic E-state index is 13.1. The lowest BCUT2D eigenvalue weighted by molar-refractivity contribution is -0.146. The molecule has 0 aromatic heterocycles. The summed E-state index contributed by atoms with van der Waals surface area (Å²) in [6, 6.07) is 1.65. The molecule has 0 bridgehead atoms. The fraction of sp³-hybridized carbons (Fsp3) is 0.222. The van der Waals surface area contributed by atoms with Gasteiger partial charge in [0.15, 0.2) is 6.10 Å². The minimum absolute atomic E-state index is 0.341. The van der Waals surface area contributed by atoms with Crippen molar-refractivity contribution in [3.05, 3.63) is 34.4 Å². The first-order valence-electron chi connectivity index (χ1n) is 3.96. The van der Waals surface area contributed by atoms with Gasteiger partial charge in [-0.25, -0.2) is 13.6 Å². The summed E-state index contributed by atoms with van der Waals surface area (Å²) in [5.74, 6) is -3.22. The van der Waals surface area contributed by atoms with E-state index in [1.165, 1.54) is 0 Å². The number of hydrogen-bond donors (Lipinski definition) is 2. The van der Waals surface area contributed by atoms with E-state index in [9.17, 15) is 13.6 Å². The van der Waals surface area contributed by atoms with Crippen molar-refractivity contribution in [3.63, 3.8) is 0 Å². The summed E-state index contributed by atoms with van der Waals surface area (Å²) in [5.41, 5.74) is -0.341. The quantitative estimate of drug-likeness (QED) is 0.784. The molecule has 0 saturated heterocycles. The van der Waals surface area contributed by atoms with E-state index in [2.05, 4.69) is 0 Å². The van der Waals surface area contributed by atoms with Crippen LogP contribution >= 0.6 is 11.6 Å². The van der Waals surface area contributed by atoms with Crippen LogP contribution in [-0.4, -0.2) is 22.3 Å². The van der Waals surface area contributed by atoms with Crippen LogP contribution < -0.4 is 0 Å². The Labute approximate surface area is 88.9 Å². The lowest BCUT2D eigenvalue weighted by Crippen LogP contribution is -2.22. The summed E-state index contributed by atoms with van der Waals surface area (Å²) < 4.78 is 26.0. The molecule has 6 heteroatoms. The SMILES string of the molecule is O=C(O)C(O)Cc1c(F)ccc(F)c1Cl. The van der Waals surface area contributed by atoms with Crippen molar-refractivity contribution in [1.29, 1.82) is 0 Å². The highest BCUT2D eigenvalue weighted by molar-refractivity contribution is 6.31. The molecule has 1 unspecified atom stereocenters. The predicted molar refractivity (Wildman–Crippen MR) is 48.7 cm³/mol. The number of halogens is 3. The molecule has 0 spiro atoms. The van der Waals surface area contributed by atoms with Gasteiger partial charge in [0.25, 0.3) is 0 Å². The van der Waals surface area contributed by atoms with Gasteiger partial charge in [0.1, 0.15) is 11.6 Å². The van der Waals surface area contributed by atoms with E-state index in [1.54, 1.807) is 0 Å². The van der Waals surface area contributed by atoms with Crippen molar-refractivity contribution >= 4 is 17.6 Å². The highest BCUT2D eigenvalue weighted by atomic mass is 35.5. The molecule has 82 valence electrons. The molecule has 0 radical (unpaired) electrons. The summed E-state index contributed by atoms with van der Waals surface area (Å²) in [6.45, 7) is 0. The Bertz CT molecular complexity index is 395. The number of aliphatic carboxylic acids is 1. The van der Waals surface area contributed by atoms with Gasteiger partial charge in [0.05, 0.1) is 5.02 Å². The molecule has 0 fully saturated rings. The highest BCUT2D eigenvalue weighted by Crippen LogP contribution is 2.24. The van der Waals surface area contributed by atoms with Crippen molar-refractivity contribution in [3.8, 4) is 0 Å². The van der Waals surface area contributed by atoms with Gasteiger partial charge in [-0.05, 0) is 12.1 Å². The Hall–Kier alpha value is -1.20. The van der Waals surface area contributed by atoms with Crippen LogP contribution in [0.2, 0.25) is 5.02 Å². The molecule has 1 aromatic carbocycles. The van der Waals surface area contributed by atoms with E-state index >= 15 is 0 Å². The number of rotatable bonds is 3. The molecule has 2 N–H and O–H groups in total. The zero-order valence-corrected chi connectivity index (χ0v) is 8.13. The Morgan fingerprint density at radius 3 is 2.47 bits per heavy atom. The molecule has 1 aromatic rings. The predicted octanol–water partition coefficient (Wildman–Crippen LogP) is 1.61. The molecule has 0 heterocycles. The zero-order chi connectivity index (χ0) is 11.6. The van der Waals surface area contributed by atoms with Gasteiger partial charge in [0.2, 0.25) is 0 Å². The first-order chi connectivity index (χ1) is 6.93. The fourth-order valence-corrected chi connectivity index (χ4v) is 1.27. The second kappa shape index (κ2) is 4.55. The van der Waals surface area contributed by atoms with Crippen LogP contribution in [0.5, 0.6) is 0 Å². The third kappa shape index (κ3) is 2.64. The summed E-state index contributed by atoms with van der Waals surface area (Å²) in [7, 11) is 0. The van der Waals surface area contributed by atoms with Crippen LogP contribution in [0.3, 0.4) is 0 Å². The van der Waals surface area contributed by atoms with Crippen LogP contribution in [0, 0.1) is 11.6 Å². The third-order valence-corrected chi connectivity index (χ3v) is 2.23. The number of aliphatic hydroxyl groups excluding tert-OH is 1. The molecule has 0 aliphatic carbocycles. The van der Waals surface area contributed by atoms with E-state index in [-0.39, 0.29) is 5.56 Å². The second-order valence-corrected chi connectivity index (χ2v) is 3.26. The molecule has 15 heavy (non-hydrogen) atoms. The lowest BCUT2D eigenvalue weighted by atomic mass is 10.1. The number of carboxylic acids is 1. The van der Waals surface area contributed by atoms with E-state index in [4.69, 9.17) is 21.8 Å². The average Bonchev–Trinajstić information content (AvgIpc) is 2.18. The van der Waals surface area contributed by atoms with Crippen LogP contribution in [0.4, 0.5) is 8.78 Å². The second-order valence-electron chi connectivity index (χ2n) is 2.88. The molecule has 0 amide bonds. The van der Waals surface area contributed by atoms with Crippen LogP contribution in [-0.2, 0) is 11.2 Å². The maximum atomic E-state index is 13.1. The Morgan fingerprint density at radius 2 is 1.93 bits per heavy atom. The van der Waals surface area contributed by atoms with E-state index in [0.29, 0.717) is 0 Å². The van der Waals surface area contributed by atoms with Gasteiger partial charge >= 0.3 is 5.97 Å². The van der Waals surface area contributed by atoms with Crippen LogP contribution in [0.15, 0.2) is 12.1 Å². The first kappa shape index (κ1) is 11.9. The summed E-state index contributed by atoms with van der Waals surface area (Å²) >= 11 is 5.43. The normalized spacial score (nSPS) is 12.5. The molecule has 3 nitrogen and oxygen atoms in total. The minimum Gasteiger partial charge on any atom is -0.479 e. The van der Waals surface area contributed by atoms with Crippen molar-refractivity contribution in [2.24, 2.45) is 0 Å². The zero-order valence-electron chi connectivity index (χ0n) is 7.38. The Morgan fingerprint density at radius 1 is 1.40 bits per heavy atom. The highest BCUT2D eigenvalue weighted by Gasteiger charge is 2.20.